The van der Waals surface area contributed by atoms with Crippen molar-refractivity contribution in [2.75, 3.05) is 5.75 Å². The molecule has 0 saturated carbocycles. The van der Waals surface area contributed by atoms with Crippen LogP contribution in [0.15, 0.2) is 0 Å². The smallest absolute Gasteiger partial charge is 0.217 e. The zero-order valence-corrected chi connectivity index (χ0v) is 4.44. The molecule has 3 heteroatoms. The number of hydrogen-bond donors (Lipinski definition) is 1. The molecular formula is C4H5O2S. The van der Waals surface area contributed by atoms with Crippen LogP contribution in [-0.2, 0) is 4.79 Å². The fourth-order valence-corrected chi connectivity index (χ4v) is 1.11. The molecule has 2 nitrogen and oxygen atoms in total. The molecule has 1 aliphatic rings. The minimum atomic E-state index is -0.787. The van der Waals surface area contributed by atoms with Crippen LogP contribution >= 0.6 is 11.8 Å². The van der Waals surface area contributed by atoms with Gasteiger partial charge in [-0.1, -0.05) is 11.8 Å². The van der Waals surface area contributed by atoms with Crippen molar-refractivity contribution in [1.29, 1.82) is 0 Å². The maximum Gasteiger partial charge on any atom is 0.217 e. The summed E-state index contributed by atoms with van der Waals surface area (Å²) in [6, 6.07) is 0. The van der Waals surface area contributed by atoms with Crippen molar-refractivity contribution in [3.05, 3.63) is 6.42 Å². The zero-order chi connectivity index (χ0) is 5.28. The van der Waals surface area contributed by atoms with Gasteiger partial charge in [0.15, 0.2) is 0 Å². The van der Waals surface area contributed by atoms with Crippen LogP contribution in [0.4, 0.5) is 0 Å². The van der Waals surface area contributed by atoms with Crippen molar-refractivity contribution < 1.29 is 9.90 Å². The van der Waals surface area contributed by atoms with E-state index >= 15 is 0 Å². The van der Waals surface area contributed by atoms with Crippen LogP contribution in [-0.4, -0.2) is 22.1 Å². The van der Waals surface area contributed by atoms with Crippen LogP contribution < -0.4 is 0 Å². The average Bonchev–Trinajstić information content (AvgIpc) is 1.91. The fraction of sp³-hybridized carbons (Fsp3) is 0.500. The minimum absolute atomic E-state index is 0.125. The van der Waals surface area contributed by atoms with Gasteiger partial charge in [-0.05, 0) is 0 Å². The summed E-state index contributed by atoms with van der Waals surface area (Å²) in [5.41, 5.74) is 0. The van der Waals surface area contributed by atoms with Gasteiger partial charge in [0.05, 0.1) is 0 Å². The quantitative estimate of drug-likeness (QED) is 0.478. The van der Waals surface area contributed by atoms with Crippen molar-refractivity contribution in [3.63, 3.8) is 0 Å². The third-order valence-corrected chi connectivity index (χ3v) is 1.67. The molecule has 0 spiro atoms. The molecular weight excluding hydrogens is 112 g/mol. The van der Waals surface area contributed by atoms with E-state index in [0.29, 0.717) is 5.75 Å². The highest BCUT2D eigenvalue weighted by Gasteiger charge is 2.21. The van der Waals surface area contributed by atoms with Gasteiger partial charge in [0, 0.05) is 12.2 Å². The van der Waals surface area contributed by atoms with Gasteiger partial charge >= 0.3 is 0 Å². The summed E-state index contributed by atoms with van der Waals surface area (Å²) in [6.07, 6.45) is 0.803. The Labute approximate surface area is 45.9 Å². The molecule has 0 bridgehead atoms. The lowest BCUT2D eigenvalue weighted by Crippen LogP contribution is -2.09. The normalized spacial score (nSPS) is 31.6. The van der Waals surface area contributed by atoms with Gasteiger partial charge in [-0.3, -0.25) is 4.79 Å². The van der Waals surface area contributed by atoms with E-state index in [-0.39, 0.29) is 5.12 Å². The molecule has 1 unspecified atom stereocenters. The van der Waals surface area contributed by atoms with Crippen LogP contribution in [0.25, 0.3) is 0 Å². The van der Waals surface area contributed by atoms with Gasteiger partial charge in [0.25, 0.3) is 0 Å². The Hall–Kier alpha value is -0.0200. The molecule has 0 aromatic heterocycles. The second-order valence-corrected chi connectivity index (χ2v) is 2.33. The molecule has 1 rings (SSSR count). The summed E-state index contributed by atoms with van der Waals surface area (Å²) in [4.78, 5) is 10.3. The van der Waals surface area contributed by atoms with E-state index in [0.717, 1.165) is 11.8 Å². The van der Waals surface area contributed by atoms with E-state index in [4.69, 9.17) is 5.11 Å². The topological polar surface area (TPSA) is 37.3 Å². The number of aliphatic hydroxyl groups excluding tert-OH is 1. The molecule has 1 fully saturated rings. The highest BCUT2D eigenvalue weighted by molar-refractivity contribution is 8.14. The molecule has 1 radical (unpaired) electrons. The summed E-state index contributed by atoms with van der Waals surface area (Å²) in [5, 5.41) is 8.45. The monoisotopic (exact) mass is 117 g/mol. The summed E-state index contributed by atoms with van der Waals surface area (Å²) < 4.78 is 0. The number of hydrogen-bond acceptors (Lipinski definition) is 3. The van der Waals surface area contributed by atoms with E-state index in [1.54, 1.807) is 6.42 Å². The van der Waals surface area contributed by atoms with Crippen LogP contribution in [0.5, 0.6) is 0 Å². The molecule has 1 saturated heterocycles. The van der Waals surface area contributed by atoms with Gasteiger partial charge in [-0.25, -0.2) is 0 Å². The van der Waals surface area contributed by atoms with Crippen LogP contribution in [0.1, 0.15) is 0 Å². The Kier molecular flexibility index (Phi) is 1.35. The molecule has 0 amide bonds. The van der Waals surface area contributed by atoms with Crippen molar-refractivity contribution in [3.8, 4) is 0 Å². The maximum atomic E-state index is 10.3. The summed E-state index contributed by atoms with van der Waals surface area (Å²) in [6.45, 7) is 0. The Bertz CT molecular complexity index is 91.7. The number of thioether (sulfide) groups is 1. The molecule has 7 heavy (non-hydrogen) atoms. The molecule has 1 atom stereocenters. The Morgan fingerprint density at radius 1 is 2.00 bits per heavy atom. The van der Waals surface area contributed by atoms with Gasteiger partial charge in [0.2, 0.25) is 5.12 Å². The second kappa shape index (κ2) is 1.84. The van der Waals surface area contributed by atoms with Gasteiger partial charge in [-0.2, -0.15) is 0 Å². The Morgan fingerprint density at radius 3 is 2.86 bits per heavy atom. The number of carbonyl (C=O) groups excluding carboxylic acids is 1. The summed E-state index contributed by atoms with van der Waals surface area (Å²) >= 11 is 1.16. The minimum Gasteiger partial charge on any atom is -0.384 e. The largest absolute Gasteiger partial charge is 0.384 e. The molecule has 1 N–H and O–H groups in total. The van der Waals surface area contributed by atoms with Crippen molar-refractivity contribution in [2.45, 2.75) is 6.10 Å². The van der Waals surface area contributed by atoms with E-state index < -0.39 is 6.10 Å². The Morgan fingerprint density at radius 2 is 2.71 bits per heavy atom. The molecule has 0 aromatic rings. The lowest BCUT2D eigenvalue weighted by molar-refractivity contribution is -0.116. The average molecular weight is 117 g/mol. The molecule has 1 aliphatic heterocycles. The molecule has 0 aromatic carbocycles. The first-order valence-corrected chi connectivity index (χ1v) is 2.97. The zero-order valence-electron chi connectivity index (χ0n) is 3.63. The molecule has 0 aliphatic carbocycles. The first-order chi connectivity index (χ1) is 3.30. The fourth-order valence-electron chi connectivity index (χ4n) is 0.403. The van der Waals surface area contributed by atoms with Crippen LogP contribution in [0, 0.1) is 6.42 Å². The first kappa shape index (κ1) is 5.12. The first-order valence-electron chi connectivity index (χ1n) is 1.99. The van der Waals surface area contributed by atoms with Crippen molar-refractivity contribution >= 4 is 16.9 Å². The van der Waals surface area contributed by atoms with E-state index in [9.17, 15) is 4.79 Å². The molecule has 39 valence electrons. The second-order valence-electron chi connectivity index (χ2n) is 1.31. The number of aliphatic hydroxyl groups is 1. The maximum absolute atomic E-state index is 10.3. The standard InChI is InChI=1S/C4H5O2S/c5-3-1-2-7-4(3)6/h1,3,5H,2H2. The van der Waals surface area contributed by atoms with Crippen molar-refractivity contribution in [1.82, 2.24) is 0 Å². The summed E-state index contributed by atoms with van der Waals surface area (Å²) in [7, 11) is 0. The lowest BCUT2D eigenvalue weighted by Gasteiger charge is -1.89. The van der Waals surface area contributed by atoms with E-state index in [1.807, 2.05) is 0 Å². The van der Waals surface area contributed by atoms with Crippen molar-refractivity contribution in [2.24, 2.45) is 0 Å². The third kappa shape index (κ3) is 0.951. The van der Waals surface area contributed by atoms with E-state index in [2.05, 4.69) is 0 Å². The number of carbonyl (C=O) groups is 1. The highest BCUT2D eigenvalue weighted by Crippen LogP contribution is 2.17. The van der Waals surface area contributed by atoms with Crippen LogP contribution in [0.2, 0.25) is 0 Å². The van der Waals surface area contributed by atoms with Crippen LogP contribution in [0.3, 0.4) is 0 Å². The van der Waals surface area contributed by atoms with Gasteiger partial charge in [-0.15, -0.1) is 0 Å². The van der Waals surface area contributed by atoms with E-state index in [1.165, 1.54) is 0 Å². The predicted molar refractivity (Wildman–Crippen MR) is 27.8 cm³/mol. The summed E-state index contributed by atoms with van der Waals surface area (Å²) in [5.74, 6) is 0.667. The SMILES string of the molecule is O=C1SC[CH]C1O. The van der Waals surface area contributed by atoms with Gasteiger partial charge < -0.3 is 5.11 Å². The molecule has 1 heterocycles. The Balaban J connectivity index is 2.48. The van der Waals surface area contributed by atoms with Gasteiger partial charge in [0.1, 0.15) is 6.10 Å². The third-order valence-electron chi connectivity index (χ3n) is 0.787. The number of rotatable bonds is 0. The highest BCUT2D eigenvalue weighted by atomic mass is 32.2. The predicted octanol–water partition coefficient (Wildman–Crippen LogP) is -0.175. The lowest BCUT2D eigenvalue weighted by atomic mass is 10.3.